The highest BCUT2D eigenvalue weighted by atomic mass is 16.7. The zero-order chi connectivity index (χ0) is 47.7. The van der Waals surface area contributed by atoms with Crippen LogP contribution in [-0.4, -0.2) is 167 Å². The fourth-order valence-electron chi connectivity index (χ4n) is 9.22. The van der Waals surface area contributed by atoms with Gasteiger partial charge in [-0.25, -0.2) is 0 Å². The monoisotopic (exact) mass is 916 g/mol. The van der Waals surface area contributed by atoms with E-state index < -0.39 is 116 Å². The van der Waals surface area contributed by atoms with E-state index >= 15 is 0 Å². The molecule has 2 fully saturated rings. The Balaban J connectivity index is 1.48. The van der Waals surface area contributed by atoms with Crippen molar-refractivity contribution in [1.29, 1.82) is 0 Å². The molecule has 18 nitrogen and oxygen atoms in total. The molecule has 1 aromatic carbocycles. The van der Waals surface area contributed by atoms with E-state index in [4.69, 9.17) is 38.9 Å². The molecule has 2 saturated heterocycles. The number of methoxy groups -OCH3 is 2. The number of anilines is 1. The van der Waals surface area contributed by atoms with Crippen molar-refractivity contribution in [3.05, 3.63) is 54.3 Å². The molecule has 0 radical (unpaired) electrons. The van der Waals surface area contributed by atoms with Gasteiger partial charge in [-0.1, -0.05) is 55.8 Å². The number of carbonyl (C=O) groups excluding carboxylic acids is 2. The molecular formula is C47H73N5O13. The van der Waals surface area contributed by atoms with Gasteiger partial charge in [-0.05, 0) is 78.3 Å². The summed E-state index contributed by atoms with van der Waals surface area (Å²) in [5.74, 6) is -3.10. The van der Waals surface area contributed by atoms with Crippen molar-refractivity contribution >= 4 is 17.4 Å². The van der Waals surface area contributed by atoms with Gasteiger partial charge in [0.1, 0.15) is 36.2 Å². The number of aryl methyl sites for hydroxylation is 1. The smallest absolute Gasteiger partial charge is 0.308 e. The van der Waals surface area contributed by atoms with Crippen molar-refractivity contribution in [2.75, 3.05) is 40.7 Å². The Labute approximate surface area is 383 Å². The van der Waals surface area contributed by atoms with Crippen LogP contribution in [0.3, 0.4) is 0 Å². The third-order valence-corrected chi connectivity index (χ3v) is 13.2. The van der Waals surface area contributed by atoms with Crippen molar-refractivity contribution in [1.82, 2.24) is 19.9 Å². The topological polar surface area (TPSA) is 240 Å². The van der Waals surface area contributed by atoms with Gasteiger partial charge >= 0.3 is 5.97 Å². The van der Waals surface area contributed by atoms with Crippen molar-refractivity contribution < 1.29 is 63.2 Å². The number of hydrogen-bond acceptors (Lipinski definition) is 17. The summed E-state index contributed by atoms with van der Waals surface area (Å²) in [7, 11) is 6.45. The lowest BCUT2D eigenvalue weighted by Crippen LogP contribution is -2.63. The second-order valence-corrected chi connectivity index (χ2v) is 18.2. The number of aliphatic hydroxyl groups is 4. The van der Waals surface area contributed by atoms with Crippen LogP contribution in [-0.2, 0) is 49.3 Å². The SMILES string of the molecule is CC[C@H]1OC(=O)C[C@@H](O)[C@H](C)[C@@H](O[C@@H]2O[C@H](C)[C@@H](O)C(N(C)C)C2O)[C@@H](CCn2cc(-c3cccc(N)c3)nn2)C[C@@H](C)C(=O)/C=C/C(C)=C/[C@@H]1CO[C@@H]1OC(C)[C@@H](O)[C@H](OC)C1OC. The van der Waals surface area contributed by atoms with Crippen LogP contribution in [0.25, 0.3) is 11.3 Å². The Morgan fingerprint density at radius 2 is 1.62 bits per heavy atom. The molecule has 1 aromatic heterocycles. The molecule has 0 amide bonds. The minimum absolute atomic E-state index is 0.0130. The molecule has 4 heterocycles. The summed E-state index contributed by atoms with van der Waals surface area (Å²) in [5, 5.41) is 54.1. The van der Waals surface area contributed by atoms with E-state index in [1.807, 2.05) is 45.0 Å². The Morgan fingerprint density at radius 1 is 0.923 bits per heavy atom. The summed E-state index contributed by atoms with van der Waals surface area (Å²) in [6, 6.07) is 6.59. The van der Waals surface area contributed by atoms with Gasteiger partial charge in [0.15, 0.2) is 18.4 Å². The maximum Gasteiger partial charge on any atom is 0.308 e. The summed E-state index contributed by atoms with van der Waals surface area (Å²) >= 11 is 0. The number of hydrogen-bond donors (Lipinski definition) is 5. The molecule has 2 aromatic rings. The van der Waals surface area contributed by atoms with Crippen LogP contribution in [0.5, 0.6) is 0 Å². The zero-order valence-corrected chi connectivity index (χ0v) is 39.5. The largest absolute Gasteiger partial charge is 0.462 e. The van der Waals surface area contributed by atoms with E-state index in [0.29, 0.717) is 37.2 Å². The van der Waals surface area contributed by atoms with E-state index in [9.17, 15) is 30.0 Å². The predicted molar refractivity (Wildman–Crippen MR) is 240 cm³/mol. The number of carbonyl (C=O) groups is 2. The van der Waals surface area contributed by atoms with Crippen LogP contribution in [0.4, 0.5) is 5.69 Å². The summed E-state index contributed by atoms with van der Waals surface area (Å²) in [5.41, 5.74) is 8.76. The summed E-state index contributed by atoms with van der Waals surface area (Å²) in [4.78, 5) is 29.6. The van der Waals surface area contributed by atoms with Crippen molar-refractivity contribution in [2.45, 2.75) is 153 Å². The minimum Gasteiger partial charge on any atom is -0.462 e. The number of benzene rings is 1. The van der Waals surface area contributed by atoms with Gasteiger partial charge in [0.05, 0.1) is 55.8 Å². The number of nitrogens with two attached hydrogens (primary N) is 1. The van der Waals surface area contributed by atoms with Crippen LogP contribution in [0, 0.1) is 23.7 Å². The molecule has 4 unspecified atom stereocenters. The van der Waals surface area contributed by atoms with Gasteiger partial charge in [-0.3, -0.25) is 14.3 Å². The standard InChI is InChI=1S/C47H73N5O13/c1-11-37-32(24-61-47-45(60-10)44(59-9)41(57)29(6)63-47)19-25(2)15-16-35(53)26(3)20-31(17-18-52-23-34(49-50-52)30-13-12-14-33(48)21-30)43(27(4)36(54)22-38(55)64-37)65-46-42(58)39(51(7)8)40(56)28(5)62-46/h12-16,19,21,23,26-29,31-32,36-37,39-47,54,56-58H,11,17-18,20,22,24,48H2,1-10H3/b16-15+,25-19+/t26-,27+,28-,29?,31+,32-,36-,37-,39?,40-,41-,42?,43-,44+,45?,46+,47-/m1/s1. The minimum atomic E-state index is -1.30. The number of ether oxygens (including phenoxy) is 7. The number of aromatic nitrogens is 3. The van der Waals surface area contributed by atoms with E-state index in [2.05, 4.69) is 10.3 Å². The second-order valence-electron chi connectivity index (χ2n) is 18.2. The number of nitrogens with zero attached hydrogens (tertiary/aromatic N) is 4. The molecule has 18 heteroatoms. The molecule has 17 atom stereocenters. The number of esters is 1. The second kappa shape index (κ2) is 23.9. The first kappa shape index (κ1) is 52.3. The normalized spacial score (nSPS) is 38.3. The lowest BCUT2D eigenvalue weighted by Gasteiger charge is -2.46. The van der Waals surface area contributed by atoms with E-state index in [1.165, 1.54) is 20.3 Å². The fourth-order valence-corrected chi connectivity index (χ4v) is 9.22. The molecule has 0 bridgehead atoms. The first-order valence-corrected chi connectivity index (χ1v) is 22.7. The van der Waals surface area contributed by atoms with Crippen molar-refractivity contribution in [2.24, 2.45) is 23.7 Å². The molecule has 364 valence electrons. The zero-order valence-electron chi connectivity index (χ0n) is 39.5. The number of ketones is 1. The molecule has 5 rings (SSSR count). The average molecular weight is 916 g/mol. The number of likely N-dealkylation sites (N-methyl/N-ethyl adjacent to an activating group) is 1. The van der Waals surface area contributed by atoms with Gasteiger partial charge in [0, 0.05) is 49.8 Å². The third kappa shape index (κ3) is 13.3. The summed E-state index contributed by atoms with van der Waals surface area (Å²) in [6.07, 6.45) is -3.54. The highest BCUT2D eigenvalue weighted by Gasteiger charge is 2.48. The highest BCUT2D eigenvalue weighted by Crippen LogP contribution is 2.36. The van der Waals surface area contributed by atoms with Crippen LogP contribution >= 0.6 is 0 Å². The Kier molecular flexibility index (Phi) is 19.2. The lowest BCUT2D eigenvalue weighted by molar-refractivity contribution is -0.304. The van der Waals surface area contributed by atoms with E-state index in [0.717, 1.165) is 11.1 Å². The maximum absolute atomic E-state index is 14.0. The molecule has 0 aliphatic carbocycles. The maximum atomic E-state index is 14.0. The Hall–Kier alpha value is -3.66. The number of allylic oxidation sites excluding steroid dienone is 3. The lowest BCUT2D eigenvalue weighted by atomic mass is 9.79. The number of nitrogen functional groups attached to an aromatic ring is 1. The highest BCUT2D eigenvalue weighted by molar-refractivity contribution is 5.91. The first-order valence-electron chi connectivity index (χ1n) is 22.7. The molecule has 65 heavy (non-hydrogen) atoms. The molecule has 0 saturated carbocycles. The van der Waals surface area contributed by atoms with Crippen LogP contribution < -0.4 is 5.73 Å². The number of cyclic esters (lactones) is 1. The quantitative estimate of drug-likeness (QED) is 0.143. The molecule has 3 aliphatic rings. The van der Waals surface area contributed by atoms with Crippen molar-refractivity contribution in [3.63, 3.8) is 0 Å². The van der Waals surface area contributed by atoms with E-state index in [-0.39, 0.29) is 12.4 Å². The number of rotatable bonds is 13. The van der Waals surface area contributed by atoms with Gasteiger partial charge in [0.25, 0.3) is 0 Å². The fraction of sp³-hybridized carbons (Fsp3) is 0.702. The van der Waals surface area contributed by atoms with Crippen LogP contribution in [0.2, 0.25) is 0 Å². The van der Waals surface area contributed by atoms with Crippen LogP contribution in [0.15, 0.2) is 54.3 Å². The molecule has 0 spiro atoms. The third-order valence-electron chi connectivity index (χ3n) is 13.2. The van der Waals surface area contributed by atoms with Gasteiger partial charge in [0.2, 0.25) is 0 Å². The molecule has 6 N–H and O–H groups in total. The Morgan fingerprint density at radius 3 is 2.28 bits per heavy atom. The van der Waals surface area contributed by atoms with Gasteiger partial charge in [-0.2, -0.15) is 0 Å². The van der Waals surface area contributed by atoms with Gasteiger partial charge in [-0.15, -0.1) is 5.10 Å². The summed E-state index contributed by atoms with van der Waals surface area (Å²) < 4.78 is 44.2. The van der Waals surface area contributed by atoms with Gasteiger partial charge < -0.3 is 64.2 Å². The molecular weight excluding hydrogens is 843 g/mol. The predicted octanol–water partition coefficient (Wildman–Crippen LogP) is 2.90. The van der Waals surface area contributed by atoms with E-state index in [1.54, 1.807) is 62.8 Å². The molecule has 3 aliphatic heterocycles. The summed E-state index contributed by atoms with van der Waals surface area (Å²) in [6.45, 7) is 11.1. The first-order chi connectivity index (χ1) is 30.9. The Bertz CT molecular complexity index is 1900. The van der Waals surface area contributed by atoms with Crippen molar-refractivity contribution in [3.8, 4) is 11.3 Å². The average Bonchev–Trinajstić information content (AvgIpc) is 3.75. The number of aliphatic hydroxyl groups excluding tert-OH is 4. The van der Waals surface area contributed by atoms with Crippen LogP contribution in [0.1, 0.15) is 67.2 Å².